The van der Waals surface area contributed by atoms with Crippen molar-refractivity contribution in [2.45, 2.75) is 13.8 Å². The number of nitrogens with one attached hydrogen (secondary N) is 1. The minimum atomic E-state index is -1.23. The molecule has 2 aromatic rings. The first-order valence-electron chi connectivity index (χ1n) is 5.67. The third kappa shape index (κ3) is 2.81. The normalized spacial score (nSPS) is 10.3. The van der Waals surface area contributed by atoms with Crippen LogP contribution < -0.4 is 5.32 Å². The van der Waals surface area contributed by atoms with Gasteiger partial charge in [-0.05, 0) is 18.6 Å². The third-order valence-electron chi connectivity index (χ3n) is 2.60. The van der Waals surface area contributed by atoms with E-state index in [1.807, 2.05) is 19.1 Å². The molecule has 0 bridgehead atoms. The van der Waals surface area contributed by atoms with Crippen LogP contribution in [-0.4, -0.2) is 21.8 Å². The molecular weight excluding hydrogens is 300 g/mol. The lowest BCUT2D eigenvalue weighted by molar-refractivity contribution is 0.0687. The van der Waals surface area contributed by atoms with Crippen LogP contribution in [0, 0.1) is 6.92 Å². The maximum Gasteiger partial charge on any atom is 0.356 e. The molecule has 104 valence electrons. The number of aromatic carboxylic acids is 1. The van der Waals surface area contributed by atoms with Gasteiger partial charge in [-0.2, -0.15) is 0 Å². The van der Waals surface area contributed by atoms with Gasteiger partial charge in [0, 0.05) is 6.92 Å². The number of ketones is 1. The molecule has 2 rings (SSSR count). The molecule has 0 unspecified atom stereocenters. The summed E-state index contributed by atoms with van der Waals surface area (Å²) in [4.78, 5) is 26.5. The van der Waals surface area contributed by atoms with Crippen LogP contribution >= 0.6 is 22.9 Å². The van der Waals surface area contributed by atoms with E-state index in [0.717, 1.165) is 16.9 Å². The SMILES string of the molecule is CC(=O)c1sc(Nc2c(C)cccc2Cl)nc1C(=O)O. The molecule has 0 aliphatic heterocycles. The number of thiazole rings is 1. The number of carbonyl (C=O) groups excluding carboxylic acids is 1. The molecule has 0 atom stereocenters. The van der Waals surface area contributed by atoms with Crippen molar-refractivity contribution in [2.24, 2.45) is 0 Å². The van der Waals surface area contributed by atoms with Crippen molar-refractivity contribution in [2.75, 3.05) is 5.32 Å². The topological polar surface area (TPSA) is 79.3 Å². The molecule has 1 heterocycles. The monoisotopic (exact) mass is 310 g/mol. The Balaban J connectivity index is 2.42. The number of carboxylic acids is 1. The number of Topliss-reactive ketones (excluding diaryl/α,β-unsaturated/α-hetero) is 1. The van der Waals surface area contributed by atoms with E-state index < -0.39 is 5.97 Å². The highest BCUT2D eigenvalue weighted by atomic mass is 35.5. The number of aryl methyl sites for hydroxylation is 1. The van der Waals surface area contributed by atoms with Crippen LogP contribution in [0.4, 0.5) is 10.8 Å². The first-order valence-corrected chi connectivity index (χ1v) is 6.86. The molecule has 0 saturated carbocycles. The molecule has 1 aromatic carbocycles. The maximum atomic E-state index is 11.4. The smallest absolute Gasteiger partial charge is 0.356 e. The standard InChI is InChI=1S/C13H11ClN2O3S/c1-6-4-3-5-8(14)9(6)15-13-16-10(12(18)19)11(20-13)7(2)17/h3-5H,1-2H3,(H,15,16)(H,18,19). The number of rotatable bonds is 4. The second kappa shape index (κ2) is 5.60. The summed E-state index contributed by atoms with van der Waals surface area (Å²) in [5.74, 6) is -1.56. The van der Waals surface area contributed by atoms with Gasteiger partial charge in [0.2, 0.25) is 0 Å². The number of carboxylic acid groups (broad SMARTS) is 1. The van der Waals surface area contributed by atoms with Crippen LogP contribution in [0.3, 0.4) is 0 Å². The number of hydrogen-bond donors (Lipinski definition) is 2. The Morgan fingerprint density at radius 1 is 1.40 bits per heavy atom. The molecule has 0 aliphatic rings. The number of halogens is 1. The zero-order valence-electron chi connectivity index (χ0n) is 10.7. The highest BCUT2D eigenvalue weighted by Gasteiger charge is 2.21. The lowest BCUT2D eigenvalue weighted by atomic mass is 10.2. The van der Waals surface area contributed by atoms with Gasteiger partial charge < -0.3 is 10.4 Å². The Bertz CT molecular complexity index is 645. The van der Waals surface area contributed by atoms with E-state index in [2.05, 4.69) is 10.3 Å². The van der Waals surface area contributed by atoms with Crippen LogP contribution in [0.1, 0.15) is 32.6 Å². The Labute approximate surface area is 124 Å². The fraction of sp³-hybridized carbons (Fsp3) is 0.154. The zero-order valence-corrected chi connectivity index (χ0v) is 12.3. The molecule has 0 fully saturated rings. The zero-order chi connectivity index (χ0) is 14.9. The van der Waals surface area contributed by atoms with Crippen molar-refractivity contribution >= 4 is 45.5 Å². The number of benzene rings is 1. The molecule has 5 nitrogen and oxygen atoms in total. The van der Waals surface area contributed by atoms with Gasteiger partial charge in [-0.1, -0.05) is 35.1 Å². The van der Waals surface area contributed by atoms with Crippen molar-refractivity contribution in [3.63, 3.8) is 0 Å². The fourth-order valence-corrected chi connectivity index (χ4v) is 2.78. The molecule has 0 spiro atoms. The van der Waals surface area contributed by atoms with Gasteiger partial charge in [0.05, 0.1) is 10.7 Å². The molecule has 0 radical (unpaired) electrons. The van der Waals surface area contributed by atoms with Gasteiger partial charge in [0.1, 0.15) is 4.88 Å². The quantitative estimate of drug-likeness (QED) is 0.841. The highest BCUT2D eigenvalue weighted by molar-refractivity contribution is 7.17. The molecule has 7 heteroatoms. The van der Waals surface area contributed by atoms with Gasteiger partial charge in [-0.3, -0.25) is 4.79 Å². The van der Waals surface area contributed by atoms with E-state index in [4.69, 9.17) is 16.7 Å². The minimum Gasteiger partial charge on any atom is -0.476 e. The van der Waals surface area contributed by atoms with Crippen LogP contribution in [0.25, 0.3) is 0 Å². The van der Waals surface area contributed by atoms with Crippen molar-refractivity contribution in [1.82, 2.24) is 4.98 Å². The lowest BCUT2D eigenvalue weighted by Gasteiger charge is -2.08. The molecule has 2 N–H and O–H groups in total. The van der Waals surface area contributed by atoms with Crippen LogP contribution in [0.15, 0.2) is 18.2 Å². The molecule has 20 heavy (non-hydrogen) atoms. The van der Waals surface area contributed by atoms with Gasteiger partial charge in [-0.25, -0.2) is 9.78 Å². The van der Waals surface area contributed by atoms with Gasteiger partial charge in [0.15, 0.2) is 16.6 Å². The Kier molecular flexibility index (Phi) is 4.06. The van der Waals surface area contributed by atoms with Crippen LogP contribution in [-0.2, 0) is 0 Å². The molecular formula is C13H11ClN2O3S. The van der Waals surface area contributed by atoms with E-state index in [1.165, 1.54) is 6.92 Å². The third-order valence-corrected chi connectivity index (χ3v) is 3.99. The predicted molar refractivity (Wildman–Crippen MR) is 78.5 cm³/mol. The molecule has 1 aromatic heterocycles. The summed E-state index contributed by atoms with van der Waals surface area (Å²) in [7, 11) is 0. The molecule has 0 aliphatic carbocycles. The van der Waals surface area contributed by atoms with Crippen molar-refractivity contribution in [3.05, 3.63) is 39.4 Å². The Hall–Kier alpha value is -1.92. The van der Waals surface area contributed by atoms with E-state index >= 15 is 0 Å². The van der Waals surface area contributed by atoms with E-state index in [0.29, 0.717) is 15.8 Å². The summed E-state index contributed by atoms with van der Waals surface area (Å²) >= 11 is 7.08. The summed E-state index contributed by atoms with van der Waals surface area (Å²) in [6, 6.07) is 5.40. The summed E-state index contributed by atoms with van der Waals surface area (Å²) in [5.41, 5.74) is 1.30. The summed E-state index contributed by atoms with van der Waals surface area (Å²) in [6.45, 7) is 3.18. The summed E-state index contributed by atoms with van der Waals surface area (Å²) in [6.07, 6.45) is 0. The first kappa shape index (κ1) is 14.5. The summed E-state index contributed by atoms with van der Waals surface area (Å²) in [5, 5.41) is 12.8. The van der Waals surface area contributed by atoms with Gasteiger partial charge >= 0.3 is 5.97 Å². The number of hydrogen-bond acceptors (Lipinski definition) is 5. The van der Waals surface area contributed by atoms with Crippen LogP contribution in [0.2, 0.25) is 5.02 Å². The number of nitrogens with zero attached hydrogens (tertiary/aromatic N) is 1. The van der Waals surface area contributed by atoms with Crippen LogP contribution in [0.5, 0.6) is 0 Å². The second-order valence-electron chi connectivity index (χ2n) is 4.11. The average molecular weight is 311 g/mol. The lowest BCUT2D eigenvalue weighted by Crippen LogP contribution is -2.03. The van der Waals surface area contributed by atoms with Gasteiger partial charge in [0.25, 0.3) is 0 Å². The van der Waals surface area contributed by atoms with Crippen molar-refractivity contribution in [1.29, 1.82) is 0 Å². The van der Waals surface area contributed by atoms with E-state index in [9.17, 15) is 9.59 Å². The number of carbonyl (C=O) groups is 2. The average Bonchev–Trinajstić information content (AvgIpc) is 2.78. The molecule has 0 amide bonds. The highest BCUT2D eigenvalue weighted by Crippen LogP contribution is 2.32. The number of para-hydroxylation sites is 1. The summed E-state index contributed by atoms with van der Waals surface area (Å²) < 4.78 is 0. The fourth-order valence-electron chi connectivity index (χ4n) is 1.65. The largest absolute Gasteiger partial charge is 0.476 e. The van der Waals surface area contributed by atoms with E-state index in [1.54, 1.807) is 6.07 Å². The second-order valence-corrected chi connectivity index (χ2v) is 5.52. The number of aromatic nitrogens is 1. The van der Waals surface area contributed by atoms with Crippen molar-refractivity contribution < 1.29 is 14.7 Å². The van der Waals surface area contributed by atoms with Gasteiger partial charge in [-0.15, -0.1) is 0 Å². The first-order chi connectivity index (χ1) is 9.40. The Morgan fingerprint density at radius 3 is 2.60 bits per heavy atom. The minimum absolute atomic E-state index is 0.115. The maximum absolute atomic E-state index is 11.4. The van der Waals surface area contributed by atoms with Crippen molar-refractivity contribution in [3.8, 4) is 0 Å². The van der Waals surface area contributed by atoms with E-state index in [-0.39, 0.29) is 16.4 Å². The predicted octanol–water partition coefficient (Wildman–Crippen LogP) is 3.75. The molecule has 0 saturated heterocycles. The number of anilines is 2. The Morgan fingerprint density at radius 2 is 2.10 bits per heavy atom.